The van der Waals surface area contributed by atoms with Crippen molar-refractivity contribution in [2.75, 3.05) is 7.05 Å². The molecule has 2 atom stereocenters. The van der Waals surface area contributed by atoms with E-state index < -0.39 is 0 Å². The van der Waals surface area contributed by atoms with Crippen LogP contribution >= 0.6 is 0 Å². The second kappa shape index (κ2) is 6.95. The lowest BCUT2D eigenvalue weighted by Gasteiger charge is -2.37. The first-order valence-corrected chi connectivity index (χ1v) is 8.22. The molecular formula is C20H28N2. The summed E-state index contributed by atoms with van der Waals surface area (Å²) in [6.45, 7) is 14.9. The van der Waals surface area contributed by atoms with Crippen LogP contribution < -0.4 is 0 Å². The molecular weight excluding hydrogens is 268 g/mol. The molecule has 2 heteroatoms. The molecule has 22 heavy (non-hydrogen) atoms. The Morgan fingerprint density at radius 3 is 2.64 bits per heavy atom. The SMILES string of the molecule is C=CC1=NC(C(=C)N(C)C(C)C)C(CCC)c2ccccc21. The summed E-state index contributed by atoms with van der Waals surface area (Å²) in [7, 11) is 2.11. The largest absolute Gasteiger partial charge is 0.374 e. The molecule has 0 fully saturated rings. The van der Waals surface area contributed by atoms with Gasteiger partial charge in [-0.1, -0.05) is 50.8 Å². The van der Waals surface area contributed by atoms with E-state index >= 15 is 0 Å². The van der Waals surface area contributed by atoms with Gasteiger partial charge in [0.1, 0.15) is 0 Å². The molecule has 1 aromatic carbocycles. The minimum atomic E-state index is 0.107. The maximum atomic E-state index is 5.00. The maximum Gasteiger partial charge on any atom is 0.0965 e. The highest BCUT2D eigenvalue weighted by molar-refractivity contribution is 6.10. The summed E-state index contributed by atoms with van der Waals surface area (Å²) in [4.78, 5) is 7.24. The van der Waals surface area contributed by atoms with Crippen molar-refractivity contribution in [1.82, 2.24) is 4.90 Å². The number of allylic oxidation sites excluding steroid dienone is 1. The summed E-state index contributed by atoms with van der Waals surface area (Å²) in [5.41, 5.74) is 4.71. The van der Waals surface area contributed by atoms with E-state index in [1.54, 1.807) is 0 Å². The van der Waals surface area contributed by atoms with Crippen molar-refractivity contribution in [2.24, 2.45) is 4.99 Å². The highest BCUT2D eigenvalue weighted by Gasteiger charge is 2.32. The predicted molar refractivity (Wildman–Crippen MR) is 96.7 cm³/mol. The van der Waals surface area contributed by atoms with Crippen LogP contribution in [-0.2, 0) is 0 Å². The molecule has 118 valence electrons. The van der Waals surface area contributed by atoms with Gasteiger partial charge in [-0.05, 0) is 31.9 Å². The van der Waals surface area contributed by atoms with Gasteiger partial charge < -0.3 is 4.90 Å². The number of likely N-dealkylation sites (N-methyl/N-ethyl adjacent to an activating group) is 1. The van der Waals surface area contributed by atoms with Gasteiger partial charge in [0.25, 0.3) is 0 Å². The van der Waals surface area contributed by atoms with Crippen LogP contribution in [0.25, 0.3) is 0 Å². The third-order valence-corrected chi connectivity index (χ3v) is 4.66. The van der Waals surface area contributed by atoms with E-state index in [0.29, 0.717) is 12.0 Å². The zero-order valence-corrected chi connectivity index (χ0v) is 14.3. The molecule has 1 aromatic rings. The first-order chi connectivity index (χ1) is 10.5. The van der Waals surface area contributed by atoms with Crippen molar-refractivity contribution >= 4 is 5.71 Å². The van der Waals surface area contributed by atoms with Crippen LogP contribution in [0.3, 0.4) is 0 Å². The first kappa shape index (κ1) is 16.5. The predicted octanol–water partition coefficient (Wildman–Crippen LogP) is 4.78. The zero-order chi connectivity index (χ0) is 16.3. The Hall–Kier alpha value is -1.83. The number of fused-ring (bicyclic) bond motifs is 1. The molecule has 0 saturated carbocycles. The second-order valence-electron chi connectivity index (χ2n) is 6.34. The average molecular weight is 296 g/mol. The van der Waals surface area contributed by atoms with Gasteiger partial charge in [0, 0.05) is 30.3 Å². The van der Waals surface area contributed by atoms with Crippen LogP contribution in [0.15, 0.2) is 54.2 Å². The van der Waals surface area contributed by atoms with Crippen molar-refractivity contribution in [3.8, 4) is 0 Å². The van der Waals surface area contributed by atoms with Crippen molar-refractivity contribution < 1.29 is 0 Å². The fourth-order valence-electron chi connectivity index (χ4n) is 3.17. The highest BCUT2D eigenvalue weighted by atomic mass is 15.2. The topological polar surface area (TPSA) is 15.6 Å². The molecule has 2 unspecified atom stereocenters. The summed E-state index contributed by atoms with van der Waals surface area (Å²) in [6.07, 6.45) is 4.14. The first-order valence-electron chi connectivity index (χ1n) is 8.22. The van der Waals surface area contributed by atoms with Crippen LogP contribution in [0.5, 0.6) is 0 Å². The van der Waals surface area contributed by atoms with E-state index in [0.717, 1.165) is 24.3 Å². The average Bonchev–Trinajstić information content (AvgIpc) is 2.53. The minimum absolute atomic E-state index is 0.107. The quantitative estimate of drug-likeness (QED) is 0.737. The molecule has 0 bridgehead atoms. The van der Waals surface area contributed by atoms with Gasteiger partial charge in [-0.15, -0.1) is 0 Å². The van der Waals surface area contributed by atoms with Crippen molar-refractivity contribution in [3.05, 3.63) is 60.3 Å². The molecule has 0 aliphatic carbocycles. The lowest BCUT2D eigenvalue weighted by Crippen LogP contribution is -2.36. The summed E-state index contributed by atoms with van der Waals surface area (Å²) in [5, 5.41) is 0. The Morgan fingerprint density at radius 1 is 1.36 bits per heavy atom. The molecule has 2 nitrogen and oxygen atoms in total. The van der Waals surface area contributed by atoms with E-state index in [-0.39, 0.29) is 6.04 Å². The molecule has 0 spiro atoms. The van der Waals surface area contributed by atoms with E-state index in [2.05, 4.69) is 70.1 Å². The van der Waals surface area contributed by atoms with Gasteiger partial charge in [0.05, 0.1) is 11.8 Å². The molecule has 0 amide bonds. The number of aliphatic imine (C=N–C) groups is 1. The van der Waals surface area contributed by atoms with Crippen LogP contribution in [0.2, 0.25) is 0 Å². The van der Waals surface area contributed by atoms with Crippen LogP contribution in [0.4, 0.5) is 0 Å². The fraction of sp³-hybridized carbons (Fsp3) is 0.450. The lowest BCUT2D eigenvalue weighted by atomic mass is 9.80. The maximum absolute atomic E-state index is 5.00. The van der Waals surface area contributed by atoms with Gasteiger partial charge in [-0.3, -0.25) is 4.99 Å². The van der Waals surface area contributed by atoms with Crippen molar-refractivity contribution in [2.45, 2.75) is 51.6 Å². The van der Waals surface area contributed by atoms with Crippen molar-refractivity contribution in [3.63, 3.8) is 0 Å². The number of hydrogen-bond acceptors (Lipinski definition) is 2. The minimum Gasteiger partial charge on any atom is -0.374 e. The van der Waals surface area contributed by atoms with Crippen LogP contribution in [-0.4, -0.2) is 29.7 Å². The zero-order valence-electron chi connectivity index (χ0n) is 14.3. The molecule has 0 N–H and O–H groups in total. The fourth-order valence-corrected chi connectivity index (χ4v) is 3.17. The van der Waals surface area contributed by atoms with E-state index in [1.165, 1.54) is 11.1 Å². The molecule has 1 heterocycles. The number of rotatable bonds is 6. The van der Waals surface area contributed by atoms with Crippen LogP contribution in [0.1, 0.15) is 50.7 Å². The molecule has 1 aliphatic heterocycles. The Balaban J connectivity index is 2.49. The number of nitrogens with zero attached hydrogens (tertiary/aromatic N) is 2. The monoisotopic (exact) mass is 296 g/mol. The normalized spacial score (nSPS) is 20.3. The molecule has 0 radical (unpaired) electrons. The molecule has 1 aliphatic rings. The summed E-state index contributed by atoms with van der Waals surface area (Å²) in [6, 6.07) is 9.13. The summed E-state index contributed by atoms with van der Waals surface area (Å²) in [5.74, 6) is 0.401. The third kappa shape index (κ3) is 3.01. The van der Waals surface area contributed by atoms with Gasteiger partial charge >= 0.3 is 0 Å². The summed E-state index contributed by atoms with van der Waals surface area (Å²) >= 11 is 0. The molecule has 0 aromatic heterocycles. The number of hydrogen-bond donors (Lipinski definition) is 0. The Labute approximate surface area is 135 Å². The second-order valence-corrected chi connectivity index (χ2v) is 6.34. The van der Waals surface area contributed by atoms with Crippen LogP contribution in [0, 0.1) is 0 Å². The van der Waals surface area contributed by atoms with Gasteiger partial charge in [0.2, 0.25) is 0 Å². The third-order valence-electron chi connectivity index (χ3n) is 4.66. The highest BCUT2D eigenvalue weighted by Crippen LogP contribution is 2.38. The van der Waals surface area contributed by atoms with E-state index in [9.17, 15) is 0 Å². The van der Waals surface area contributed by atoms with Gasteiger partial charge in [0.15, 0.2) is 0 Å². The van der Waals surface area contributed by atoms with Gasteiger partial charge in [-0.25, -0.2) is 0 Å². The van der Waals surface area contributed by atoms with E-state index in [1.807, 2.05) is 6.08 Å². The standard InChI is InChI=1S/C20H28N2/c1-7-11-18-16-12-9-10-13-17(16)19(8-2)21-20(18)15(5)22(6)14(3)4/h8-10,12-14,18,20H,2,5,7,11H2,1,3-4,6H3. The smallest absolute Gasteiger partial charge is 0.0965 e. The Morgan fingerprint density at radius 2 is 2.05 bits per heavy atom. The molecule has 2 rings (SSSR count). The Kier molecular flexibility index (Phi) is 5.23. The van der Waals surface area contributed by atoms with Gasteiger partial charge in [-0.2, -0.15) is 0 Å². The van der Waals surface area contributed by atoms with E-state index in [4.69, 9.17) is 4.99 Å². The number of benzene rings is 1. The summed E-state index contributed by atoms with van der Waals surface area (Å²) < 4.78 is 0. The molecule has 0 saturated heterocycles. The Bertz CT molecular complexity index is 583. The lowest BCUT2D eigenvalue weighted by molar-refractivity contribution is 0.309. The van der Waals surface area contributed by atoms with Crippen molar-refractivity contribution in [1.29, 1.82) is 0 Å².